The van der Waals surface area contributed by atoms with Gasteiger partial charge in [0.2, 0.25) is 0 Å². The summed E-state index contributed by atoms with van der Waals surface area (Å²) < 4.78 is 11.5. The molecule has 0 atom stereocenters. The molecule has 7 rings (SSSR count). The second-order valence-corrected chi connectivity index (χ2v) is 39.7. The molecule has 0 unspecified atom stereocenters. The third-order valence-corrected chi connectivity index (χ3v) is 31.5. The van der Waals surface area contributed by atoms with Crippen LogP contribution in [0.25, 0.3) is 75.5 Å². The highest BCUT2D eigenvalue weighted by Gasteiger charge is 2.26. The molecule has 0 N–H and O–H groups in total. The lowest BCUT2D eigenvalue weighted by Gasteiger charge is -2.04. The topological polar surface area (TPSA) is 80.8 Å². The van der Waals surface area contributed by atoms with Crippen molar-refractivity contribution in [3.8, 4) is 64.6 Å². The number of hydrogen-bond donors (Lipinski definition) is 0. The van der Waals surface area contributed by atoms with E-state index in [1.54, 1.807) is 22.7 Å². The van der Waals surface area contributed by atoms with Crippen molar-refractivity contribution in [2.45, 2.75) is 402 Å². The van der Waals surface area contributed by atoms with E-state index in [9.17, 15) is 14.9 Å². The zero-order valence-corrected chi connectivity index (χ0v) is 77.5. The molecule has 7 heterocycles. The zero-order valence-electron chi connectivity index (χ0n) is 71.8. The van der Waals surface area contributed by atoms with Crippen LogP contribution in [0, 0.1) is 17.9 Å². The summed E-state index contributed by atoms with van der Waals surface area (Å²) in [5.74, 6) is -1.01. The quantitative estimate of drug-likeness (QED) is 0.0125. The Balaban J connectivity index is 1.32. The Bertz CT molecular complexity index is 3660. The fraction of sp³-hybridized carbons (Fsp3) is 0.640. The molecule has 0 saturated heterocycles. The van der Waals surface area contributed by atoms with Gasteiger partial charge in [0, 0.05) is 68.3 Å². The fourth-order valence-electron chi connectivity index (χ4n) is 15.5. The lowest BCUT2D eigenvalue weighted by Crippen LogP contribution is -2.07. The van der Waals surface area contributed by atoms with Gasteiger partial charge in [0.1, 0.15) is 11.6 Å². The first-order valence-electron chi connectivity index (χ1n) is 46.0. The standard InChI is InChI=1S/C100H146N2O4S7/c1-10-18-26-34-42-50-58-77-68-84(70-83(76-101)99(103)105-66-56-48-40-32-24-16-7)107-95(77)89-73-81(62-54-46-38-30-22-14-5)97(112-89)91-71-79(60-52-44-36-28-20-12-3)93(110-91)87-64-65-88(109-87)94-80(61-53-45-37-29-21-13-4)72-92(111-94)98-82(63-55-47-39-31-23-15-6)74-90(113-98)96-78(59-51-43-35-27-19-11-2)69-85(108-96)75-86(102-9)100(104)106-67-57-49-41-33-25-17-8/h64-65,68-75H,10-63,66-67H2,1-8H3/b83-70+,86-75-. The molecule has 0 aromatic carbocycles. The number of aryl methyl sites for hydroxylation is 6. The van der Waals surface area contributed by atoms with Crippen molar-refractivity contribution in [2.75, 3.05) is 13.2 Å². The smallest absolute Gasteiger partial charge is 0.348 e. The average Bonchev–Trinajstić information content (AvgIpc) is 1.62. The van der Waals surface area contributed by atoms with E-state index < -0.39 is 11.9 Å². The maximum Gasteiger partial charge on any atom is 0.348 e. The van der Waals surface area contributed by atoms with Crippen LogP contribution in [0.4, 0.5) is 0 Å². The van der Waals surface area contributed by atoms with Gasteiger partial charge in [-0.05, 0) is 184 Å². The van der Waals surface area contributed by atoms with E-state index in [4.69, 9.17) is 16.0 Å². The van der Waals surface area contributed by atoms with Gasteiger partial charge in [-0.1, -0.05) is 312 Å². The molecule has 0 aliphatic rings. The second kappa shape index (κ2) is 58.2. The van der Waals surface area contributed by atoms with Crippen molar-refractivity contribution in [3.63, 3.8) is 0 Å². The Morgan fingerprint density at radius 3 is 0.832 bits per heavy atom. The number of hydrogen-bond acceptors (Lipinski definition) is 12. The SMILES string of the molecule is [C-]#[N+]/C(=C\c1cc(CCCCCCCC)c(-c2cc(CCCCCCCC)c(-c3cc(CCCCCCCC)c(-c4ccc(-c5sc(-c6sc(-c7sc(/C=C(\C#N)C(=O)OCCCCCCCC)cc7CCCCCCCC)cc6CCCCCCCC)cc5CCCCCCCC)s4)s3)s2)s1)C(=O)OCCCCCCCC. The van der Waals surface area contributed by atoms with Gasteiger partial charge in [0.25, 0.3) is 5.70 Å². The lowest BCUT2D eigenvalue weighted by atomic mass is 10.0. The van der Waals surface area contributed by atoms with Gasteiger partial charge >= 0.3 is 11.9 Å². The lowest BCUT2D eigenvalue weighted by molar-refractivity contribution is -0.139. The number of nitriles is 1. The molecule has 13 heteroatoms. The maximum atomic E-state index is 13.6. The van der Waals surface area contributed by atoms with Gasteiger partial charge in [-0.15, -0.1) is 79.4 Å². The molecule has 0 spiro atoms. The molecule has 622 valence electrons. The Hall–Kier alpha value is -4.70. The highest BCUT2D eigenvalue weighted by molar-refractivity contribution is 7.31. The number of unbranched alkanes of at least 4 members (excludes halogenated alkanes) is 40. The second-order valence-electron chi connectivity index (χ2n) is 32.3. The molecule has 0 aliphatic heterocycles. The van der Waals surface area contributed by atoms with Crippen molar-refractivity contribution in [2.24, 2.45) is 0 Å². The summed E-state index contributed by atoms with van der Waals surface area (Å²) >= 11 is 13.6. The van der Waals surface area contributed by atoms with Gasteiger partial charge in [-0.2, -0.15) is 5.26 Å². The van der Waals surface area contributed by atoms with Gasteiger partial charge in [-0.25, -0.2) is 9.64 Å². The first-order valence-corrected chi connectivity index (χ1v) is 51.7. The summed E-state index contributed by atoms with van der Waals surface area (Å²) in [7, 11) is 0. The Morgan fingerprint density at radius 2 is 0.549 bits per heavy atom. The van der Waals surface area contributed by atoms with Crippen LogP contribution in [0.5, 0.6) is 0 Å². The summed E-state index contributed by atoms with van der Waals surface area (Å²) in [4.78, 5) is 49.4. The first kappa shape index (κ1) is 95.4. The van der Waals surface area contributed by atoms with Gasteiger partial charge in [0.05, 0.1) is 19.8 Å². The molecule has 0 aliphatic carbocycles. The summed E-state index contributed by atoms with van der Waals surface area (Å²) in [5.41, 5.74) is 8.76. The maximum absolute atomic E-state index is 13.6. The molecular formula is C100H146N2O4S7. The monoisotopic (exact) mass is 1660 g/mol. The van der Waals surface area contributed by atoms with Crippen LogP contribution >= 0.6 is 79.4 Å². The van der Waals surface area contributed by atoms with Crippen LogP contribution < -0.4 is 0 Å². The molecule has 113 heavy (non-hydrogen) atoms. The molecule has 0 radical (unpaired) electrons. The minimum atomic E-state index is -0.508. The number of nitrogens with zero attached hydrogens (tertiary/aromatic N) is 2. The van der Waals surface area contributed by atoms with E-state index in [1.165, 1.54) is 349 Å². The molecule has 0 fully saturated rings. The largest absolute Gasteiger partial charge is 0.471 e. The number of esters is 2. The van der Waals surface area contributed by atoms with Crippen LogP contribution in [0.15, 0.2) is 59.8 Å². The van der Waals surface area contributed by atoms with E-state index in [0.29, 0.717) is 13.2 Å². The minimum absolute atomic E-state index is 0.0728. The number of carbonyl (C=O) groups is 2. The molecular weight excluding hydrogens is 1520 g/mol. The summed E-state index contributed by atoms with van der Waals surface area (Å²) in [6.07, 6.45) is 68.2. The van der Waals surface area contributed by atoms with E-state index in [1.807, 2.05) is 68.8 Å². The highest BCUT2D eigenvalue weighted by Crippen LogP contribution is 2.53. The van der Waals surface area contributed by atoms with Crippen LogP contribution in [-0.4, -0.2) is 25.2 Å². The third-order valence-electron chi connectivity index (χ3n) is 22.3. The Labute approximate surface area is 716 Å². The van der Waals surface area contributed by atoms with Gasteiger partial charge in [-0.3, -0.25) is 4.79 Å². The molecule has 0 bridgehead atoms. The molecule has 0 saturated carbocycles. The van der Waals surface area contributed by atoms with E-state index in [2.05, 4.69) is 115 Å². The molecule has 6 nitrogen and oxygen atoms in total. The normalized spacial score (nSPS) is 11.9. The number of carbonyl (C=O) groups excluding carboxylic acids is 2. The van der Waals surface area contributed by atoms with Crippen LogP contribution in [0.2, 0.25) is 0 Å². The summed E-state index contributed by atoms with van der Waals surface area (Å²) in [5, 5.41) is 10.5. The van der Waals surface area contributed by atoms with E-state index >= 15 is 0 Å². The first-order chi connectivity index (χ1) is 55.5. The van der Waals surface area contributed by atoms with E-state index in [0.717, 1.165) is 99.6 Å². The highest BCUT2D eigenvalue weighted by atomic mass is 32.1. The summed E-state index contributed by atoms with van der Waals surface area (Å²) in [6, 6.07) is 22.2. The van der Waals surface area contributed by atoms with Crippen molar-refractivity contribution in [1.29, 1.82) is 5.26 Å². The van der Waals surface area contributed by atoms with Crippen molar-refractivity contribution >= 4 is 103 Å². The summed E-state index contributed by atoms with van der Waals surface area (Å²) in [6.45, 7) is 27.2. The fourth-order valence-corrected chi connectivity index (χ4v) is 24.5. The predicted molar refractivity (Wildman–Crippen MR) is 504 cm³/mol. The van der Waals surface area contributed by atoms with Gasteiger partial charge < -0.3 is 9.47 Å². The molecule has 7 aromatic heterocycles. The molecule has 7 aromatic rings. The van der Waals surface area contributed by atoms with Crippen molar-refractivity contribution in [1.82, 2.24) is 0 Å². The minimum Gasteiger partial charge on any atom is -0.471 e. The predicted octanol–water partition coefficient (Wildman–Crippen LogP) is 35.5. The van der Waals surface area contributed by atoms with Crippen LogP contribution in [-0.2, 0) is 57.6 Å². The third kappa shape index (κ3) is 34.3. The number of ether oxygens (including phenoxy) is 2. The average molecular weight is 1660 g/mol. The number of thiophene rings is 7. The zero-order chi connectivity index (χ0) is 80.3. The Morgan fingerprint density at radius 1 is 0.310 bits per heavy atom. The van der Waals surface area contributed by atoms with Gasteiger partial charge in [0.15, 0.2) is 0 Å². The van der Waals surface area contributed by atoms with Crippen molar-refractivity contribution in [3.05, 3.63) is 114 Å². The van der Waals surface area contributed by atoms with Crippen LogP contribution in [0.3, 0.4) is 0 Å². The van der Waals surface area contributed by atoms with E-state index in [-0.39, 0.29) is 11.3 Å². The van der Waals surface area contributed by atoms with Crippen LogP contribution in [0.1, 0.15) is 407 Å². The Kier molecular flexibility index (Phi) is 49.2. The molecule has 0 amide bonds. The van der Waals surface area contributed by atoms with Crippen molar-refractivity contribution < 1.29 is 19.1 Å². The number of rotatable bonds is 66.